The summed E-state index contributed by atoms with van der Waals surface area (Å²) < 4.78 is 8.07. The minimum atomic E-state index is 0.308. The first-order chi connectivity index (χ1) is 11.2. The molecule has 2 aromatic rings. The Morgan fingerprint density at radius 2 is 1.77 bits per heavy atom. The lowest BCUT2D eigenvalue weighted by molar-refractivity contribution is 0.470. The van der Waals surface area contributed by atoms with Gasteiger partial charge in [-0.1, -0.05) is 67.9 Å². The molecule has 0 nitrogen and oxygen atoms in total. The summed E-state index contributed by atoms with van der Waals surface area (Å²) in [6.45, 7) is 5.11. The van der Waals surface area contributed by atoms with E-state index < -0.39 is 0 Å². The average Bonchev–Trinajstić information content (AvgIpc) is 3.04. The molecular formula is C22H24. The monoisotopic (exact) mass is 289 g/mol. The molecule has 3 unspecified atom stereocenters. The van der Waals surface area contributed by atoms with Crippen LogP contribution >= 0.6 is 0 Å². The third-order valence-corrected chi connectivity index (χ3v) is 5.86. The topological polar surface area (TPSA) is 0 Å². The SMILES string of the molecule is [2H]CC1C(CC2Cc3ccccc3C2C)=C(C)c2ccccc21. The molecule has 0 amide bonds. The second-order valence-corrected chi connectivity index (χ2v) is 6.95. The molecule has 2 aliphatic rings. The van der Waals surface area contributed by atoms with Crippen LogP contribution in [-0.2, 0) is 6.42 Å². The Morgan fingerprint density at radius 3 is 2.55 bits per heavy atom. The van der Waals surface area contributed by atoms with Crippen molar-refractivity contribution in [2.24, 2.45) is 5.92 Å². The molecule has 112 valence electrons. The molecule has 0 aromatic heterocycles. The molecule has 4 rings (SSSR count). The van der Waals surface area contributed by atoms with E-state index in [0.717, 1.165) is 6.42 Å². The van der Waals surface area contributed by atoms with Crippen LogP contribution in [0.5, 0.6) is 0 Å². The molecular weight excluding hydrogens is 264 g/mol. The lowest BCUT2D eigenvalue weighted by atomic mass is 9.84. The van der Waals surface area contributed by atoms with E-state index in [0.29, 0.717) is 24.7 Å². The number of allylic oxidation sites excluding steroid dienone is 2. The number of benzene rings is 2. The van der Waals surface area contributed by atoms with Crippen LogP contribution in [0.2, 0.25) is 0 Å². The minimum absolute atomic E-state index is 0.308. The largest absolute Gasteiger partial charge is 0.0620 e. The summed E-state index contributed by atoms with van der Waals surface area (Å²) in [5.41, 5.74) is 8.77. The summed E-state index contributed by atoms with van der Waals surface area (Å²) in [6.07, 6.45) is 2.33. The van der Waals surface area contributed by atoms with Crippen molar-refractivity contribution in [3.8, 4) is 0 Å². The molecule has 2 aromatic carbocycles. The van der Waals surface area contributed by atoms with E-state index in [4.69, 9.17) is 1.37 Å². The van der Waals surface area contributed by atoms with Crippen molar-refractivity contribution in [3.05, 3.63) is 76.4 Å². The van der Waals surface area contributed by atoms with Gasteiger partial charge < -0.3 is 0 Å². The van der Waals surface area contributed by atoms with E-state index in [1.54, 1.807) is 0 Å². The van der Waals surface area contributed by atoms with Crippen LogP contribution in [0.1, 0.15) is 62.6 Å². The molecule has 0 saturated carbocycles. The summed E-state index contributed by atoms with van der Waals surface area (Å²) in [7, 11) is 0. The molecule has 0 fully saturated rings. The number of hydrogen-bond acceptors (Lipinski definition) is 0. The van der Waals surface area contributed by atoms with E-state index in [-0.39, 0.29) is 0 Å². The van der Waals surface area contributed by atoms with Gasteiger partial charge in [0.05, 0.1) is 0 Å². The third kappa shape index (κ3) is 1.97. The Kier molecular flexibility index (Phi) is 2.96. The highest BCUT2D eigenvalue weighted by atomic mass is 14.4. The Bertz CT molecular complexity index is 771. The highest BCUT2D eigenvalue weighted by Gasteiger charge is 2.33. The molecule has 0 N–H and O–H groups in total. The van der Waals surface area contributed by atoms with Crippen molar-refractivity contribution in [2.75, 3.05) is 0 Å². The lowest BCUT2D eigenvalue weighted by Gasteiger charge is -2.20. The van der Waals surface area contributed by atoms with E-state index in [1.807, 2.05) is 0 Å². The van der Waals surface area contributed by atoms with Gasteiger partial charge in [0.2, 0.25) is 0 Å². The fourth-order valence-corrected chi connectivity index (χ4v) is 4.47. The Hall–Kier alpha value is -1.82. The van der Waals surface area contributed by atoms with Gasteiger partial charge in [-0.05, 0) is 59.4 Å². The van der Waals surface area contributed by atoms with Crippen LogP contribution in [0.3, 0.4) is 0 Å². The zero-order chi connectivity index (χ0) is 16.0. The fraction of sp³-hybridized carbons (Fsp3) is 0.364. The number of rotatable bonds is 2. The molecule has 2 aliphatic carbocycles. The first-order valence-electron chi connectivity index (χ1n) is 9.07. The van der Waals surface area contributed by atoms with Gasteiger partial charge in [-0.25, -0.2) is 0 Å². The summed E-state index contributed by atoms with van der Waals surface area (Å²) in [6, 6.07) is 17.6. The van der Waals surface area contributed by atoms with Crippen LogP contribution in [0.25, 0.3) is 5.57 Å². The van der Waals surface area contributed by atoms with Crippen LogP contribution in [-0.4, -0.2) is 0 Å². The molecule has 3 atom stereocenters. The normalized spacial score (nSPS) is 26.8. The first kappa shape index (κ1) is 12.7. The van der Waals surface area contributed by atoms with Gasteiger partial charge in [-0.2, -0.15) is 0 Å². The van der Waals surface area contributed by atoms with Crippen LogP contribution in [0.15, 0.2) is 54.1 Å². The minimum Gasteiger partial charge on any atom is -0.0620 e. The second kappa shape index (κ2) is 5.12. The predicted octanol–water partition coefficient (Wildman–Crippen LogP) is 5.94. The molecule has 0 aliphatic heterocycles. The Balaban J connectivity index is 1.64. The molecule has 0 heterocycles. The van der Waals surface area contributed by atoms with Crippen molar-refractivity contribution >= 4 is 5.57 Å². The van der Waals surface area contributed by atoms with Crippen LogP contribution in [0, 0.1) is 5.92 Å². The van der Waals surface area contributed by atoms with Gasteiger partial charge in [0.25, 0.3) is 0 Å². The maximum absolute atomic E-state index is 8.07. The zero-order valence-electron chi connectivity index (χ0n) is 14.5. The summed E-state index contributed by atoms with van der Waals surface area (Å²) >= 11 is 0. The van der Waals surface area contributed by atoms with Crippen LogP contribution in [0.4, 0.5) is 0 Å². The predicted molar refractivity (Wildman–Crippen MR) is 94.1 cm³/mol. The third-order valence-electron chi connectivity index (χ3n) is 5.86. The van der Waals surface area contributed by atoms with Gasteiger partial charge in [-0.3, -0.25) is 0 Å². The summed E-state index contributed by atoms with van der Waals surface area (Å²) in [5.74, 6) is 1.62. The van der Waals surface area contributed by atoms with Gasteiger partial charge in [0.1, 0.15) is 0 Å². The Labute approximate surface area is 135 Å². The van der Waals surface area contributed by atoms with Crippen LogP contribution < -0.4 is 0 Å². The summed E-state index contributed by atoms with van der Waals surface area (Å²) in [5, 5.41) is 0. The number of fused-ring (bicyclic) bond motifs is 2. The molecule has 0 bridgehead atoms. The Morgan fingerprint density at radius 1 is 1.05 bits per heavy atom. The van der Waals surface area contributed by atoms with Crippen molar-refractivity contribution < 1.29 is 1.37 Å². The van der Waals surface area contributed by atoms with E-state index in [9.17, 15) is 0 Å². The molecule has 0 radical (unpaired) electrons. The molecule has 0 saturated heterocycles. The highest BCUT2D eigenvalue weighted by Crippen LogP contribution is 2.48. The molecule has 22 heavy (non-hydrogen) atoms. The van der Waals surface area contributed by atoms with E-state index >= 15 is 0 Å². The van der Waals surface area contributed by atoms with Crippen molar-refractivity contribution in [1.82, 2.24) is 0 Å². The molecule has 0 heteroatoms. The van der Waals surface area contributed by atoms with Crippen molar-refractivity contribution in [1.29, 1.82) is 0 Å². The maximum Gasteiger partial charge on any atom is 0.0240 e. The van der Waals surface area contributed by atoms with E-state index in [2.05, 4.69) is 62.4 Å². The smallest absolute Gasteiger partial charge is 0.0240 e. The van der Waals surface area contributed by atoms with Crippen molar-refractivity contribution in [2.45, 2.75) is 45.4 Å². The van der Waals surface area contributed by atoms with Gasteiger partial charge in [0, 0.05) is 7.29 Å². The van der Waals surface area contributed by atoms with Crippen molar-refractivity contribution in [3.63, 3.8) is 0 Å². The quantitative estimate of drug-likeness (QED) is 0.641. The van der Waals surface area contributed by atoms with Gasteiger partial charge in [0.15, 0.2) is 0 Å². The fourth-order valence-electron chi connectivity index (χ4n) is 4.47. The highest BCUT2D eigenvalue weighted by molar-refractivity contribution is 5.76. The standard InChI is InChI=1S/C22H24/c1-14-18(12-17-8-4-5-9-19(14)17)13-22-15(2)20-10-6-7-11-21(20)16(22)3/h4-11,14-15,18H,12-13H2,1-3H3/i2D. The number of hydrogen-bond donors (Lipinski definition) is 0. The van der Waals surface area contributed by atoms with Gasteiger partial charge in [-0.15, -0.1) is 0 Å². The maximum atomic E-state index is 8.07. The lowest BCUT2D eigenvalue weighted by Crippen LogP contribution is -2.08. The summed E-state index contributed by atoms with van der Waals surface area (Å²) in [4.78, 5) is 0. The second-order valence-electron chi connectivity index (χ2n) is 6.95. The van der Waals surface area contributed by atoms with E-state index in [1.165, 1.54) is 39.8 Å². The van der Waals surface area contributed by atoms with Gasteiger partial charge >= 0.3 is 0 Å². The zero-order valence-corrected chi connectivity index (χ0v) is 13.5. The first-order valence-corrected chi connectivity index (χ1v) is 8.36. The molecule has 0 spiro atoms. The average molecular weight is 289 g/mol.